The third-order valence-electron chi connectivity index (χ3n) is 2.86. The zero-order valence-corrected chi connectivity index (χ0v) is 13.4. The van der Waals surface area contributed by atoms with Crippen LogP contribution in [0.4, 0.5) is 0 Å². The van der Waals surface area contributed by atoms with Crippen molar-refractivity contribution in [2.75, 3.05) is 12.9 Å². The summed E-state index contributed by atoms with van der Waals surface area (Å²) in [5.41, 5.74) is 1.74. The van der Waals surface area contributed by atoms with Crippen LogP contribution in [-0.2, 0) is 0 Å². The normalized spacial score (nSPS) is 11.0. The minimum absolute atomic E-state index is 0.0509. The van der Waals surface area contributed by atoms with Crippen LogP contribution in [0.2, 0.25) is 4.34 Å². The molecule has 4 nitrogen and oxygen atoms in total. The van der Waals surface area contributed by atoms with Gasteiger partial charge in [0.1, 0.15) is 5.75 Å². The van der Waals surface area contributed by atoms with Crippen LogP contribution in [0.25, 0.3) is 11.0 Å². The van der Waals surface area contributed by atoms with Crippen molar-refractivity contribution in [1.29, 1.82) is 0 Å². The van der Waals surface area contributed by atoms with Gasteiger partial charge < -0.3 is 9.72 Å². The number of carbonyl (C=O) groups is 1. The van der Waals surface area contributed by atoms with Crippen molar-refractivity contribution >= 4 is 51.5 Å². The molecule has 0 aliphatic carbocycles. The molecule has 1 aromatic carbocycles. The molecular formula is C14H11ClN2O2S2. The lowest BCUT2D eigenvalue weighted by Gasteiger charge is -1.96. The highest BCUT2D eigenvalue weighted by atomic mass is 35.5. The van der Waals surface area contributed by atoms with Crippen molar-refractivity contribution in [2.24, 2.45) is 0 Å². The number of halogens is 1. The molecule has 0 radical (unpaired) electrons. The maximum Gasteiger partial charge on any atom is 0.183 e. The number of ether oxygens (including phenoxy) is 1. The fraction of sp³-hybridized carbons (Fsp3) is 0.143. The highest BCUT2D eigenvalue weighted by Crippen LogP contribution is 2.26. The lowest BCUT2D eigenvalue weighted by Crippen LogP contribution is -1.99. The molecular weight excluding hydrogens is 328 g/mol. The Hall–Kier alpha value is -1.50. The predicted molar refractivity (Wildman–Crippen MR) is 87.0 cm³/mol. The number of aromatic amines is 1. The number of nitrogens with zero attached hydrogens (tertiary/aromatic N) is 1. The summed E-state index contributed by atoms with van der Waals surface area (Å²) in [7, 11) is 1.62. The van der Waals surface area contributed by atoms with E-state index in [1.165, 1.54) is 23.1 Å². The Morgan fingerprint density at radius 2 is 2.29 bits per heavy atom. The number of hydrogen-bond acceptors (Lipinski definition) is 5. The van der Waals surface area contributed by atoms with E-state index < -0.39 is 0 Å². The first kappa shape index (κ1) is 14.4. The maximum atomic E-state index is 12.0. The van der Waals surface area contributed by atoms with Crippen molar-refractivity contribution < 1.29 is 9.53 Å². The summed E-state index contributed by atoms with van der Waals surface area (Å²) in [6, 6.07) is 9.11. The van der Waals surface area contributed by atoms with Crippen LogP contribution in [0.15, 0.2) is 35.5 Å². The first-order valence-electron chi connectivity index (χ1n) is 6.11. The summed E-state index contributed by atoms with van der Waals surface area (Å²) in [4.78, 5) is 20.3. The largest absolute Gasteiger partial charge is 0.497 e. The van der Waals surface area contributed by atoms with Crippen LogP contribution in [0.3, 0.4) is 0 Å². The zero-order valence-electron chi connectivity index (χ0n) is 11.1. The standard InChI is InChI=1S/C14H11ClN2O2S2/c1-19-8-2-3-9-10(6-8)17-14(16-9)20-7-11(18)12-4-5-13(15)21-12/h2-6H,7H2,1H3,(H,16,17). The second kappa shape index (κ2) is 6.09. The third-order valence-corrected chi connectivity index (χ3v) is 5.00. The molecule has 0 atom stereocenters. The lowest BCUT2D eigenvalue weighted by atomic mass is 10.3. The van der Waals surface area contributed by atoms with Crippen LogP contribution in [0.5, 0.6) is 5.75 Å². The molecule has 2 aromatic heterocycles. The number of thioether (sulfide) groups is 1. The van der Waals surface area contributed by atoms with Crippen LogP contribution >= 0.6 is 34.7 Å². The second-order valence-corrected chi connectivity index (χ2v) is 6.92. The Labute approximate surface area is 134 Å². The molecule has 108 valence electrons. The SMILES string of the molecule is COc1ccc2nc(SCC(=O)c3ccc(Cl)s3)[nH]c2c1. The van der Waals surface area contributed by atoms with E-state index in [0.717, 1.165) is 16.8 Å². The van der Waals surface area contributed by atoms with E-state index in [2.05, 4.69) is 9.97 Å². The lowest BCUT2D eigenvalue weighted by molar-refractivity contribution is 0.102. The highest BCUT2D eigenvalue weighted by molar-refractivity contribution is 7.99. The average Bonchev–Trinajstić information content (AvgIpc) is 3.09. The zero-order chi connectivity index (χ0) is 14.8. The smallest absolute Gasteiger partial charge is 0.183 e. The molecule has 0 aliphatic heterocycles. The quantitative estimate of drug-likeness (QED) is 0.558. The molecule has 0 amide bonds. The van der Waals surface area contributed by atoms with E-state index in [-0.39, 0.29) is 5.78 Å². The topological polar surface area (TPSA) is 55.0 Å². The molecule has 0 saturated carbocycles. The van der Waals surface area contributed by atoms with E-state index in [0.29, 0.717) is 20.1 Å². The van der Waals surface area contributed by atoms with Gasteiger partial charge in [0.2, 0.25) is 0 Å². The fourth-order valence-electron chi connectivity index (χ4n) is 1.83. The number of nitrogens with one attached hydrogen (secondary N) is 1. The number of hydrogen-bond donors (Lipinski definition) is 1. The number of carbonyl (C=O) groups excluding carboxylic acids is 1. The second-order valence-electron chi connectivity index (χ2n) is 4.24. The number of imidazole rings is 1. The fourth-order valence-corrected chi connectivity index (χ4v) is 3.67. The van der Waals surface area contributed by atoms with Gasteiger partial charge in [-0.15, -0.1) is 11.3 Å². The number of Topliss-reactive ketones (excluding diaryl/α,β-unsaturated/α-hetero) is 1. The highest BCUT2D eigenvalue weighted by Gasteiger charge is 2.11. The van der Waals surface area contributed by atoms with E-state index in [9.17, 15) is 4.79 Å². The molecule has 1 N–H and O–H groups in total. The minimum atomic E-state index is 0.0509. The van der Waals surface area contributed by atoms with Gasteiger partial charge in [-0.25, -0.2) is 4.98 Å². The molecule has 0 saturated heterocycles. The summed E-state index contributed by atoms with van der Waals surface area (Å²) < 4.78 is 5.79. The van der Waals surface area contributed by atoms with Crippen LogP contribution < -0.4 is 4.74 Å². The molecule has 0 spiro atoms. The monoisotopic (exact) mass is 338 g/mol. The van der Waals surface area contributed by atoms with Gasteiger partial charge in [-0.05, 0) is 24.3 Å². The Morgan fingerprint density at radius 3 is 3.00 bits per heavy atom. The van der Waals surface area contributed by atoms with E-state index in [4.69, 9.17) is 16.3 Å². The van der Waals surface area contributed by atoms with E-state index in [1.54, 1.807) is 19.2 Å². The van der Waals surface area contributed by atoms with Gasteiger partial charge in [0, 0.05) is 6.07 Å². The molecule has 2 heterocycles. The van der Waals surface area contributed by atoms with Crippen molar-refractivity contribution in [3.05, 3.63) is 39.5 Å². The van der Waals surface area contributed by atoms with Crippen LogP contribution in [0, 0.1) is 0 Å². The first-order valence-corrected chi connectivity index (χ1v) is 8.29. The number of rotatable bonds is 5. The average molecular weight is 339 g/mol. The van der Waals surface area contributed by atoms with Gasteiger partial charge in [0.25, 0.3) is 0 Å². The van der Waals surface area contributed by atoms with Gasteiger partial charge in [0.05, 0.1) is 33.1 Å². The van der Waals surface area contributed by atoms with Gasteiger partial charge in [-0.3, -0.25) is 4.79 Å². The predicted octanol–water partition coefficient (Wildman–Crippen LogP) is 4.26. The Kier molecular flexibility index (Phi) is 4.19. The molecule has 21 heavy (non-hydrogen) atoms. The molecule has 0 bridgehead atoms. The number of aromatic nitrogens is 2. The Balaban J connectivity index is 1.71. The molecule has 0 fully saturated rings. The maximum absolute atomic E-state index is 12.0. The summed E-state index contributed by atoms with van der Waals surface area (Å²) in [5.74, 6) is 1.15. The van der Waals surface area contributed by atoms with Gasteiger partial charge in [-0.1, -0.05) is 23.4 Å². The number of methoxy groups -OCH3 is 1. The first-order chi connectivity index (χ1) is 10.2. The Bertz CT molecular complexity index is 797. The number of ketones is 1. The molecule has 3 aromatic rings. The molecule has 0 aliphatic rings. The number of fused-ring (bicyclic) bond motifs is 1. The van der Waals surface area contributed by atoms with E-state index in [1.807, 2.05) is 18.2 Å². The third kappa shape index (κ3) is 3.23. The molecule has 3 rings (SSSR count). The van der Waals surface area contributed by atoms with Gasteiger partial charge >= 0.3 is 0 Å². The summed E-state index contributed by atoms with van der Waals surface area (Å²) in [6.07, 6.45) is 0. The molecule has 0 unspecified atom stereocenters. The summed E-state index contributed by atoms with van der Waals surface area (Å²) in [6.45, 7) is 0. The summed E-state index contributed by atoms with van der Waals surface area (Å²) in [5, 5.41) is 0.717. The molecule has 7 heteroatoms. The Morgan fingerprint density at radius 1 is 1.43 bits per heavy atom. The van der Waals surface area contributed by atoms with Gasteiger partial charge in [0.15, 0.2) is 10.9 Å². The van der Waals surface area contributed by atoms with Crippen molar-refractivity contribution in [3.8, 4) is 5.75 Å². The number of thiophene rings is 1. The van der Waals surface area contributed by atoms with Crippen LogP contribution in [-0.4, -0.2) is 28.6 Å². The van der Waals surface area contributed by atoms with Gasteiger partial charge in [-0.2, -0.15) is 0 Å². The minimum Gasteiger partial charge on any atom is -0.497 e. The van der Waals surface area contributed by atoms with Crippen LogP contribution in [0.1, 0.15) is 9.67 Å². The van der Waals surface area contributed by atoms with E-state index >= 15 is 0 Å². The number of benzene rings is 1. The summed E-state index contributed by atoms with van der Waals surface area (Å²) >= 11 is 8.51. The number of H-pyrrole nitrogens is 1. The van der Waals surface area contributed by atoms with Crippen molar-refractivity contribution in [3.63, 3.8) is 0 Å². The van der Waals surface area contributed by atoms with Crippen molar-refractivity contribution in [1.82, 2.24) is 9.97 Å². The van der Waals surface area contributed by atoms with Crippen molar-refractivity contribution in [2.45, 2.75) is 5.16 Å².